The minimum Gasteiger partial charge on any atom is -0.354 e. The third kappa shape index (κ3) is 2.99. The summed E-state index contributed by atoms with van der Waals surface area (Å²) in [4.78, 5) is 34.9. The molecule has 0 saturated heterocycles. The Bertz CT molecular complexity index is 983. The molecule has 0 radical (unpaired) electrons. The zero-order valence-corrected chi connectivity index (χ0v) is 14.9. The van der Waals surface area contributed by atoms with Crippen LogP contribution in [0.2, 0.25) is 0 Å². The number of nitrogens with one attached hydrogen (secondary N) is 2. The summed E-state index contributed by atoms with van der Waals surface area (Å²) in [7, 11) is 0. The zero-order chi connectivity index (χ0) is 18.4. The number of H-pyrrole nitrogens is 1. The van der Waals surface area contributed by atoms with Gasteiger partial charge in [-0.05, 0) is 30.9 Å². The quantitative estimate of drug-likeness (QED) is 0.745. The number of carbonyl (C=O) groups excluding carboxylic acids is 2. The predicted octanol–water partition coefficient (Wildman–Crippen LogP) is 2.09. The van der Waals surface area contributed by atoms with Gasteiger partial charge >= 0.3 is 0 Å². The molecule has 0 bridgehead atoms. The maximum atomic E-state index is 13.1. The molecular weight excluding hydrogens is 342 g/mol. The third-order valence-electron chi connectivity index (χ3n) is 5.44. The monoisotopic (exact) mass is 363 g/mol. The second-order valence-corrected chi connectivity index (χ2v) is 7.45. The first kappa shape index (κ1) is 16.1. The largest absolute Gasteiger partial charge is 0.354 e. The molecule has 0 spiro atoms. The molecule has 0 unspecified atom stereocenters. The number of fused-ring (bicyclic) bond motifs is 2. The minimum absolute atomic E-state index is 0.0460. The lowest BCUT2D eigenvalue weighted by molar-refractivity contribution is -0.125. The fourth-order valence-electron chi connectivity index (χ4n) is 3.70. The van der Waals surface area contributed by atoms with Crippen LogP contribution in [0.15, 0.2) is 42.9 Å². The van der Waals surface area contributed by atoms with Crippen LogP contribution in [-0.2, 0) is 11.3 Å². The van der Waals surface area contributed by atoms with E-state index in [1.807, 2.05) is 34.9 Å². The number of carbonyl (C=O) groups is 2. The summed E-state index contributed by atoms with van der Waals surface area (Å²) >= 11 is 0. The second-order valence-electron chi connectivity index (χ2n) is 7.45. The van der Waals surface area contributed by atoms with Gasteiger partial charge in [-0.25, -0.2) is 4.98 Å². The molecule has 3 heterocycles. The van der Waals surface area contributed by atoms with Crippen molar-refractivity contribution in [3.63, 3.8) is 0 Å². The lowest BCUT2D eigenvalue weighted by Gasteiger charge is -2.33. The fraction of sp³-hybridized carbons (Fsp3) is 0.350. The molecule has 1 aromatic carbocycles. The summed E-state index contributed by atoms with van der Waals surface area (Å²) in [6, 6.07) is 9.24. The van der Waals surface area contributed by atoms with Crippen molar-refractivity contribution < 1.29 is 9.59 Å². The molecule has 1 fully saturated rings. The number of benzene rings is 1. The summed E-state index contributed by atoms with van der Waals surface area (Å²) in [5, 5.41) is 4.03. The summed E-state index contributed by atoms with van der Waals surface area (Å²) in [6.07, 6.45) is 5.78. The lowest BCUT2D eigenvalue weighted by Crippen LogP contribution is -2.46. The normalized spacial score (nSPS) is 19.1. The summed E-state index contributed by atoms with van der Waals surface area (Å²) in [5.74, 6) is 0.470. The molecule has 138 valence electrons. The molecular formula is C20H21N5O2. The van der Waals surface area contributed by atoms with Crippen LogP contribution in [0, 0.1) is 5.92 Å². The minimum atomic E-state index is -0.441. The van der Waals surface area contributed by atoms with Crippen LogP contribution < -0.4 is 5.32 Å². The van der Waals surface area contributed by atoms with E-state index >= 15 is 0 Å². The van der Waals surface area contributed by atoms with Gasteiger partial charge < -0.3 is 19.8 Å². The molecule has 2 N–H and O–H groups in total. The molecule has 5 rings (SSSR count). The van der Waals surface area contributed by atoms with E-state index < -0.39 is 6.04 Å². The Kier molecular flexibility index (Phi) is 3.74. The smallest absolute Gasteiger partial charge is 0.270 e. The van der Waals surface area contributed by atoms with Crippen molar-refractivity contribution >= 4 is 22.7 Å². The van der Waals surface area contributed by atoms with Crippen LogP contribution in [0.3, 0.4) is 0 Å². The van der Waals surface area contributed by atoms with Crippen LogP contribution in [-0.4, -0.2) is 44.3 Å². The summed E-state index contributed by atoms with van der Waals surface area (Å²) in [6.45, 7) is 1.50. The first-order valence-electron chi connectivity index (χ1n) is 9.34. The number of amides is 2. The van der Waals surface area contributed by atoms with Gasteiger partial charge in [0, 0.05) is 23.6 Å². The van der Waals surface area contributed by atoms with Gasteiger partial charge in [0.25, 0.3) is 5.91 Å². The van der Waals surface area contributed by atoms with E-state index in [-0.39, 0.29) is 11.8 Å². The average Bonchev–Trinajstić information content (AvgIpc) is 3.22. The number of aromatic amines is 1. The van der Waals surface area contributed by atoms with E-state index in [1.54, 1.807) is 17.4 Å². The van der Waals surface area contributed by atoms with Gasteiger partial charge in [0.1, 0.15) is 11.7 Å². The summed E-state index contributed by atoms with van der Waals surface area (Å²) < 4.78 is 1.89. The molecule has 2 aliphatic rings. The van der Waals surface area contributed by atoms with Gasteiger partial charge in [0.15, 0.2) is 0 Å². The standard InChI is InChI=1S/C20H21N5O2/c26-19(22-8-13-5-6-13)18-11-24(10-15-9-21-12-25(15)18)20(27)17-7-14-3-1-2-4-16(14)23-17/h1-4,7,9,12-13,18,23H,5-6,8,10-11H2,(H,22,26)/t18-/m0/s1. The number of imidazole rings is 1. The maximum Gasteiger partial charge on any atom is 0.270 e. The van der Waals surface area contributed by atoms with Crippen LogP contribution in [0.1, 0.15) is 35.1 Å². The zero-order valence-electron chi connectivity index (χ0n) is 14.9. The Hall–Kier alpha value is -3.09. The van der Waals surface area contributed by atoms with Gasteiger partial charge in [-0.15, -0.1) is 0 Å². The van der Waals surface area contributed by atoms with Gasteiger partial charge in [0.2, 0.25) is 5.91 Å². The number of para-hydroxylation sites is 1. The number of rotatable bonds is 4. The Balaban J connectivity index is 1.39. The van der Waals surface area contributed by atoms with Crippen molar-refractivity contribution in [2.75, 3.05) is 13.1 Å². The van der Waals surface area contributed by atoms with E-state index in [0.29, 0.717) is 24.7 Å². The van der Waals surface area contributed by atoms with Crippen molar-refractivity contribution in [1.82, 2.24) is 24.8 Å². The molecule has 1 saturated carbocycles. The highest BCUT2D eigenvalue weighted by molar-refractivity contribution is 5.98. The molecule has 3 aromatic rings. The van der Waals surface area contributed by atoms with Gasteiger partial charge in [-0.3, -0.25) is 9.59 Å². The molecule has 1 atom stereocenters. The molecule has 1 aliphatic heterocycles. The van der Waals surface area contributed by atoms with Crippen molar-refractivity contribution in [2.24, 2.45) is 5.92 Å². The average molecular weight is 363 g/mol. The van der Waals surface area contributed by atoms with Crippen LogP contribution in [0.4, 0.5) is 0 Å². The number of aromatic nitrogens is 3. The van der Waals surface area contributed by atoms with E-state index in [2.05, 4.69) is 15.3 Å². The third-order valence-corrected chi connectivity index (χ3v) is 5.44. The van der Waals surface area contributed by atoms with E-state index in [9.17, 15) is 9.59 Å². The van der Waals surface area contributed by atoms with E-state index in [0.717, 1.165) is 23.1 Å². The van der Waals surface area contributed by atoms with Crippen molar-refractivity contribution in [3.05, 3.63) is 54.2 Å². The van der Waals surface area contributed by atoms with Crippen LogP contribution in [0.25, 0.3) is 10.9 Å². The molecule has 7 heteroatoms. The Morgan fingerprint density at radius 3 is 2.93 bits per heavy atom. The van der Waals surface area contributed by atoms with Crippen molar-refractivity contribution in [3.8, 4) is 0 Å². The number of hydrogen-bond donors (Lipinski definition) is 2. The molecule has 2 aromatic heterocycles. The van der Waals surface area contributed by atoms with Crippen molar-refractivity contribution in [1.29, 1.82) is 0 Å². The fourth-order valence-corrected chi connectivity index (χ4v) is 3.70. The lowest BCUT2D eigenvalue weighted by atomic mass is 10.1. The Morgan fingerprint density at radius 2 is 2.11 bits per heavy atom. The molecule has 2 amide bonds. The van der Waals surface area contributed by atoms with Crippen LogP contribution >= 0.6 is 0 Å². The Labute approximate surface area is 156 Å². The first-order valence-corrected chi connectivity index (χ1v) is 9.34. The van der Waals surface area contributed by atoms with Gasteiger partial charge in [0.05, 0.1) is 25.1 Å². The molecule has 27 heavy (non-hydrogen) atoms. The molecule has 1 aliphatic carbocycles. The highest BCUT2D eigenvalue weighted by atomic mass is 16.2. The first-order chi connectivity index (χ1) is 13.2. The SMILES string of the molecule is O=C(NCC1CC1)[C@@H]1CN(C(=O)c2cc3ccccc3[nH]2)Cc2cncn21. The highest BCUT2D eigenvalue weighted by Crippen LogP contribution is 2.28. The van der Waals surface area contributed by atoms with E-state index in [4.69, 9.17) is 0 Å². The highest BCUT2D eigenvalue weighted by Gasteiger charge is 2.34. The van der Waals surface area contributed by atoms with Crippen LogP contribution in [0.5, 0.6) is 0 Å². The van der Waals surface area contributed by atoms with Crippen molar-refractivity contribution in [2.45, 2.75) is 25.4 Å². The van der Waals surface area contributed by atoms with E-state index in [1.165, 1.54) is 12.8 Å². The second kappa shape index (κ2) is 6.26. The maximum absolute atomic E-state index is 13.1. The Morgan fingerprint density at radius 1 is 1.26 bits per heavy atom. The predicted molar refractivity (Wildman–Crippen MR) is 100 cm³/mol. The summed E-state index contributed by atoms with van der Waals surface area (Å²) in [5.41, 5.74) is 2.35. The number of nitrogens with zero attached hydrogens (tertiary/aromatic N) is 3. The van der Waals surface area contributed by atoms with Gasteiger partial charge in [-0.1, -0.05) is 18.2 Å². The molecule has 7 nitrogen and oxygen atoms in total. The van der Waals surface area contributed by atoms with Gasteiger partial charge in [-0.2, -0.15) is 0 Å². The number of hydrogen-bond acceptors (Lipinski definition) is 3. The topological polar surface area (TPSA) is 83.0 Å².